The molecule has 0 atom stereocenters. The molecule has 0 aliphatic rings. The molecule has 0 spiro atoms. The van der Waals surface area contributed by atoms with E-state index in [-0.39, 0.29) is 5.56 Å². The number of halogens is 2. The minimum Gasteiger partial charge on any atom is -0.478 e. The van der Waals surface area contributed by atoms with Gasteiger partial charge in [-0.15, -0.1) is 5.10 Å². The molecule has 0 fully saturated rings. The standard InChI is InChI=1S/C13H7Cl2N3O2/c14-8-1-2-9(10(15)6-8)12-16-11-5-7(13(19)20)3-4-18(11)17-12/h1-6H,(H,19,20). The summed E-state index contributed by atoms with van der Waals surface area (Å²) in [4.78, 5) is 15.2. The zero-order chi connectivity index (χ0) is 14.3. The number of aromatic nitrogens is 3. The maximum atomic E-state index is 10.9. The van der Waals surface area contributed by atoms with Crippen LogP contribution in [0.3, 0.4) is 0 Å². The molecule has 3 aromatic rings. The second-order valence-corrected chi connectivity index (χ2v) is 4.93. The van der Waals surface area contributed by atoms with E-state index in [4.69, 9.17) is 28.3 Å². The molecule has 2 heterocycles. The summed E-state index contributed by atoms with van der Waals surface area (Å²) in [5.41, 5.74) is 1.22. The van der Waals surface area contributed by atoms with Crippen LogP contribution < -0.4 is 0 Å². The summed E-state index contributed by atoms with van der Waals surface area (Å²) >= 11 is 11.9. The summed E-state index contributed by atoms with van der Waals surface area (Å²) in [5.74, 6) is -0.601. The lowest BCUT2D eigenvalue weighted by Crippen LogP contribution is -1.97. The number of hydrogen-bond donors (Lipinski definition) is 1. The summed E-state index contributed by atoms with van der Waals surface area (Å²) in [5, 5.41) is 14.2. The highest BCUT2D eigenvalue weighted by molar-refractivity contribution is 6.36. The SMILES string of the molecule is O=C(O)c1ccn2nc(-c3ccc(Cl)cc3Cl)nc2c1. The van der Waals surface area contributed by atoms with Crippen LogP contribution in [0.25, 0.3) is 17.0 Å². The largest absolute Gasteiger partial charge is 0.478 e. The van der Waals surface area contributed by atoms with E-state index >= 15 is 0 Å². The van der Waals surface area contributed by atoms with Crippen LogP contribution in [0.2, 0.25) is 10.0 Å². The van der Waals surface area contributed by atoms with Crippen molar-refractivity contribution in [2.45, 2.75) is 0 Å². The predicted molar refractivity (Wildman–Crippen MR) is 75.4 cm³/mol. The van der Waals surface area contributed by atoms with Gasteiger partial charge in [0, 0.05) is 16.8 Å². The maximum Gasteiger partial charge on any atom is 0.335 e. The van der Waals surface area contributed by atoms with Gasteiger partial charge in [0.15, 0.2) is 11.5 Å². The molecule has 0 unspecified atom stereocenters. The number of nitrogens with zero attached hydrogens (tertiary/aromatic N) is 3. The molecule has 0 bridgehead atoms. The second-order valence-electron chi connectivity index (χ2n) is 4.08. The number of benzene rings is 1. The van der Waals surface area contributed by atoms with Gasteiger partial charge in [0.25, 0.3) is 0 Å². The van der Waals surface area contributed by atoms with Gasteiger partial charge in [-0.05, 0) is 30.3 Å². The molecule has 20 heavy (non-hydrogen) atoms. The number of rotatable bonds is 2. The fourth-order valence-corrected chi connectivity index (χ4v) is 2.29. The van der Waals surface area contributed by atoms with Gasteiger partial charge in [-0.25, -0.2) is 14.3 Å². The lowest BCUT2D eigenvalue weighted by molar-refractivity contribution is 0.0697. The Bertz CT molecular complexity index is 830. The van der Waals surface area contributed by atoms with Crippen molar-refractivity contribution in [2.24, 2.45) is 0 Å². The number of carbonyl (C=O) groups is 1. The van der Waals surface area contributed by atoms with E-state index in [9.17, 15) is 4.79 Å². The van der Waals surface area contributed by atoms with Crippen molar-refractivity contribution in [1.29, 1.82) is 0 Å². The number of carboxylic acid groups (broad SMARTS) is 1. The fourth-order valence-electron chi connectivity index (χ4n) is 1.80. The highest BCUT2D eigenvalue weighted by Crippen LogP contribution is 2.28. The lowest BCUT2D eigenvalue weighted by atomic mass is 10.2. The highest BCUT2D eigenvalue weighted by atomic mass is 35.5. The average molecular weight is 308 g/mol. The topological polar surface area (TPSA) is 67.5 Å². The first-order chi connectivity index (χ1) is 9.54. The molecule has 0 radical (unpaired) electrons. The van der Waals surface area contributed by atoms with Crippen LogP contribution in [-0.2, 0) is 0 Å². The Hall–Kier alpha value is -2.11. The van der Waals surface area contributed by atoms with Gasteiger partial charge >= 0.3 is 5.97 Å². The fraction of sp³-hybridized carbons (Fsp3) is 0. The van der Waals surface area contributed by atoms with Gasteiger partial charge in [0.2, 0.25) is 0 Å². The minimum atomic E-state index is -1.01. The van der Waals surface area contributed by atoms with Crippen LogP contribution in [0.5, 0.6) is 0 Å². The molecule has 3 rings (SSSR count). The molecule has 0 saturated heterocycles. The Balaban J connectivity index is 2.15. The number of fused-ring (bicyclic) bond motifs is 1. The van der Waals surface area contributed by atoms with Crippen molar-refractivity contribution in [3.05, 3.63) is 52.1 Å². The van der Waals surface area contributed by atoms with Crippen molar-refractivity contribution in [3.63, 3.8) is 0 Å². The molecular weight excluding hydrogens is 301 g/mol. The maximum absolute atomic E-state index is 10.9. The molecule has 0 aliphatic carbocycles. The number of aromatic carboxylic acids is 1. The third-order valence-corrected chi connectivity index (χ3v) is 3.30. The highest BCUT2D eigenvalue weighted by Gasteiger charge is 2.12. The molecule has 0 aliphatic heterocycles. The van der Waals surface area contributed by atoms with Crippen LogP contribution in [0.15, 0.2) is 36.5 Å². The summed E-state index contributed by atoms with van der Waals surface area (Å²) in [6.07, 6.45) is 1.54. The first-order valence-electron chi connectivity index (χ1n) is 5.60. The molecule has 1 N–H and O–H groups in total. The predicted octanol–water partition coefficient (Wildman–Crippen LogP) is 3.40. The average Bonchev–Trinajstić information content (AvgIpc) is 2.80. The summed E-state index contributed by atoms with van der Waals surface area (Å²) in [6, 6.07) is 7.92. The first-order valence-corrected chi connectivity index (χ1v) is 6.35. The first kappa shape index (κ1) is 12.9. The third-order valence-electron chi connectivity index (χ3n) is 2.76. The van der Waals surface area contributed by atoms with Crippen molar-refractivity contribution < 1.29 is 9.90 Å². The van der Waals surface area contributed by atoms with Gasteiger partial charge in [0.1, 0.15) is 0 Å². The molecule has 7 heteroatoms. The van der Waals surface area contributed by atoms with Crippen molar-refractivity contribution in [1.82, 2.24) is 14.6 Å². The normalized spacial score (nSPS) is 10.9. The monoisotopic (exact) mass is 307 g/mol. The molecule has 2 aromatic heterocycles. The number of carboxylic acids is 1. The molecule has 100 valence electrons. The zero-order valence-electron chi connectivity index (χ0n) is 9.92. The van der Waals surface area contributed by atoms with Gasteiger partial charge in [-0.1, -0.05) is 23.2 Å². The van der Waals surface area contributed by atoms with E-state index < -0.39 is 5.97 Å². The smallest absolute Gasteiger partial charge is 0.335 e. The van der Waals surface area contributed by atoms with E-state index in [1.165, 1.54) is 16.6 Å². The Kier molecular flexibility index (Phi) is 3.08. The molecule has 1 aromatic carbocycles. The summed E-state index contributed by atoms with van der Waals surface area (Å²) in [6.45, 7) is 0. The Labute approximate surface area is 123 Å². The van der Waals surface area contributed by atoms with Gasteiger partial charge < -0.3 is 5.11 Å². The molecular formula is C13H7Cl2N3O2. The van der Waals surface area contributed by atoms with Gasteiger partial charge in [0.05, 0.1) is 10.6 Å². The lowest BCUT2D eigenvalue weighted by Gasteiger charge is -1.98. The molecule has 0 amide bonds. The van der Waals surface area contributed by atoms with Crippen LogP contribution in [0.1, 0.15) is 10.4 Å². The van der Waals surface area contributed by atoms with E-state index in [0.717, 1.165) is 0 Å². The Morgan fingerprint density at radius 1 is 1.20 bits per heavy atom. The van der Waals surface area contributed by atoms with Crippen molar-refractivity contribution in [3.8, 4) is 11.4 Å². The minimum absolute atomic E-state index is 0.152. The van der Waals surface area contributed by atoms with Gasteiger partial charge in [-0.3, -0.25) is 0 Å². The van der Waals surface area contributed by atoms with Crippen molar-refractivity contribution >= 4 is 34.8 Å². The van der Waals surface area contributed by atoms with Crippen LogP contribution in [0, 0.1) is 0 Å². The molecule has 5 nitrogen and oxygen atoms in total. The van der Waals surface area contributed by atoms with Crippen molar-refractivity contribution in [2.75, 3.05) is 0 Å². The quantitative estimate of drug-likeness (QED) is 0.788. The summed E-state index contributed by atoms with van der Waals surface area (Å²) in [7, 11) is 0. The third kappa shape index (κ3) is 2.21. The Morgan fingerprint density at radius 3 is 2.70 bits per heavy atom. The van der Waals surface area contributed by atoms with Crippen LogP contribution in [0.4, 0.5) is 0 Å². The number of hydrogen-bond acceptors (Lipinski definition) is 3. The van der Waals surface area contributed by atoms with Gasteiger partial charge in [-0.2, -0.15) is 0 Å². The Morgan fingerprint density at radius 2 is 2.00 bits per heavy atom. The van der Waals surface area contributed by atoms with E-state index in [0.29, 0.717) is 27.1 Å². The van der Waals surface area contributed by atoms with E-state index in [1.54, 1.807) is 24.4 Å². The van der Waals surface area contributed by atoms with Crippen LogP contribution in [-0.4, -0.2) is 25.7 Å². The van der Waals surface area contributed by atoms with Crippen LogP contribution >= 0.6 is 23.2 Å². The summed E-state index contributed by atoms with van der Waals surface area (Å²) < 4.78 is 1.49. The van der Waals surface area contributed by atoms with E-state index in [1.807, 2.05) is 0 Å². The zero-order valence-corrected chi connectivity index (χ0v) is 11.4. The molecule has 0 saturated carbocycles. The van der Waals surface area contributed by atoms with E-state index in [2.05, 4.69) is 10.1 Å². The number of pyridine rings is 1. The second kappa shape index (κ2) is 4.77.